The number of cyclic esters (lactones) is 1. The van der Waals surface area contributed by atoms with Gasteiger partial charge in [-0.3, -0.25) is 0 Å². The number of fused-ring (bicyclic) bond motifs is 1. The molecule has 0 saturated heterocycles. The second kappa shape index (κ2) is 3.55. The Kier molecular flexibility index (Phi) is 2.36. The van der Waals surface area contributed by atoms with E-state index in [1.54, 1.807) is 6.07 Å². The Hall–Kier alpha value is -1.55. The van der Waals surface area contributed by atoms with E-state index in [0.717, 1.165) is 5.56 Å². The Morgan fingerprint density at radius 3 is 2.87 bits per heavy atom. The Balaban J connectivity index is 2.61. The zero-order chi connectivity index (χ0) is 11.0. The van der Waals surface area contributed by atoms with Gasteiger partial charge in [-0.05, 0) is 18.6 Å². The lowest BCUT2D eigenvalue weighted by Crippen LogP contribution is -2.02. The molecule has 1 aromatic carbocycles. The van der Waals surface area contributed by atoms with Crippen molar-refractivity contribution in [2.24, 2.45) is 0 Å². The minimum Gasteiger partial charge on any atom is -0.496 e. The first-order valence-corrected chi connectivity index (χ1v) is 4.67. The lowest BCUT2D eigenvalue weighted by atomic mass is 10.0. The van der Waals surface area contributed by atoms with Crippen LogP contribution in [0.25, 0.3) is 0 Å². The Labute approximate surface area is 87.4 Å². The molecule has 0 spiro atoms. The van der Waals surface area contributed by atoms with Crippen molar-refractivity contribution in [3.63, 3.8) is 0 Å². The van der Waals surface area contributed by atoms with Crippen LogP contribution in [0.15, 0.2) is 12.1 Å². The molecule has 0 bridgehead atoms. The first-order valence-electron chi connectivity index (χ1n) is 4.67. The van der Waals surface area contributed by atoms with Crippen LogP contribution in [-0.4, -0.2) is 24.8 Å². The van der Waals surface area contributed by atoms with Crippen LogP contribution in [0.3, 0.4) is 0 Å². The van der Waals surface area contributed by atoms with Crippen molar-refractivity contribution in [2.45, 2.75) is 13.0 Å². The molecule has 1 aromatic rings. The van der Waals surface area contributed by atoms with E-state index < -0.39 is 12.1 Å². The minimum absolute atomic E-state index is 0.203. The number of rotatable bonds is 2. The van der Waals surface area contributed by atoms with E-state index in [1.165, 1.54) is 7.11 Å². The van der Waals surface area contributed by atoms with Gasteiger partial charge < -0.3 is 14.6 Å². The number of methoxy groups -OCH3 is 1. The maximum absolute atomic E-state index is 11.5. The standard InChI is InChI=1S/C11H12O4/c1-6-3-7-9(5-12)15-11(13)10(7)8(4-6)14-2/h3-4,9,12H,5H2,1-2H3. The van der Waals surface area contributed by atoms with Gasteiger partial charge in [0.15, 0.2) is 6.10 Å². The summed E-state index contributed by atoms with van der Waals surface area (Å²) < 4.78 is 10.1. The second-order valence-electron chi connectivity index (χ2n) is 3.51. The van der Waals surface area contributed by atoms with Crippen molar-refractivity contribution < 1.29 is 19.4 Å². The van der Waals surface area contributed by atoms with E-state index in [0.29, 0.717) is 16.9 Å². The predicted octanol–water partition coefficient (Wildman–Crippen LogP) is 1.21. The average Bonchev–Trinajstić information content (AvgIpc) is 2.54. The van der Waals surface area contributed by atoms with Crippen molar-refractivity contribution >= 4 is 5.97 Å². The summed E-state index contributed by atoms with van der Waals surface area (Å²) in [5.74, 6) is 0.0758. The summed E-state index contributed by atoms with van der Waals surface area (Å²) in [6, 6.07) is 3.61. The maximum atomic E-state index is 11.5. The number of aliphatic hydroxyl groups excluding tert-OH is 1. The maximum Gasteiger partial charge on any atom is 0.343 e. The smallest absolute Gasteiger partial charge is 0.343 e. The summed E-state index contributed by atoms with van der Waals surface area (Å²) in [7, 11) is 1.51. The van der Waals surface area contributed by atoms with Crippen LogP contribution in [0, 0.1) is 6.92 Å². The lowest BCUT2D eigenvalue weighted by molar-refractivity contribution is 0.0234. The van der Waals surface area contributed by atoms with Crippen LogP contribution in [0.2, 0.25) is 0 Å². The summed E-state index contributed by atoms with van der Waals surface area (Å²) in [5.41, 5.74) is 2.11. The van der Waals surface area contributed by atoms with Gasteiger partial charge in [0.1, 0.15) is 11.3 Å². The van der Waals surface area contributed by atoms with Crippen molar-refractivity contribution in [3.05, 3.63) is 28.8 Å². The summed E-state index contributed by atoms with van der Waals surface area (Å²) in [6.07, 6.45) is -0.554. The number of hydrogen-bond donors (Lipinski definition) is 1. The molecule has 15 heavy (non-hydrogen) atoms. The number of hydrogen-bond acceptors (Lipinski definition) is 4. The summed E-state index contributed by atoms with van der Waals surface area (Å²) in [4.78, 5) is 11.5. The molecule has 0 fully saturated rings. The van der Waals surface area contributed by atoms with E-state index in [2.05, 4.69) is 0 Å². The molecule has 0 aliphatic carbocycles. The predicted molar refractivity (Wildman–Crippen MR) is 53.0 cm³/mol. The van der Waals surface area contributed by atoms with Gasteiger partial charge in [0, 0.05) is 5.56 Å². The normalized spacial score (nSPS) is 18.6. The number of carbonyl (C=O) groups is 1. The third-order valence-electron chi connectivity index (χ3n) is 2.46. The number of benzene rings is 1. The molecule has 0 aromatic heterocycles. The van der Waals surface area contributed by atoms with Crippen LogP contribution >= 0.6 is 0 Å². The SMILES string of the molecule is COc1cc(C)cc2c1C(=O)OC2CO. The molecule has 80 valence electrons. The van der Waals surface area contributed by atoms with E-state index in [-0.39, 0.29) is 6.61 Å². The molecular weight excluding hydrogens is 196 g/mol. The zero-order valence-electron chi connectivity index (χ0n) is 8.61. The Bertz CT molecular complexity index is 411. The van der Waals surface area contributed by atoms with Gasteiger partial charge in [-0.15, -0.1) is 0 Å². The Morgan fingerprint density at radius 1 is 1.53 bits per heavy atom. The number of aryl methyl sites for hydroxylation is 1. The van der Waals surface area contributed by atoms with E-state index in [4.69, 9.17) is 14.6 Å². The molecule has 1 atom stereocenters. The fraction of sp³-hybridized carbons (Fsp3) is 0.364. The summed E-state index contributed by atoms with van der Waals surface area (Å²) in [6.45, 7) is 1.70. The number of esters is 1. The van der Waals surface area contributed by atoms with Crippen LogP contribution < -0.4 is 4.74 Å². The molecule has 1 aliphatic heterocycles. The first-order chi connectivity index (χ1) is 7.17. The van der Waals surface area contributed by atoms with Crippen LogP contribution in [0.4, 0.5) is 0 Å². The molecule has 4 heteroatoms. The Morgan fingerprint density at radius 2 is 2.27 bits per heavy atom. The number of aliphatic hydroxyl groups is 1. The van der Waals surface area contributed by atoms with Crippen LogP contribution in [-0.2, 0) is 4.74 Å². The molecule has 0 saturated carbocycles. The fourth-order valence-corrected chi connectivity index (χ4v) is 1.80. The fourth-order valence-electron chi connectivity index (χ4n) is 1.80. The monoisotopic (exact) mass is 208 g/mol. The van der Waals surface area contributed by atoms with Crippen LogP contribution in [0.1, 0.15) is 27.6 Å². The van der Waals surface area contributed by atoms with E-state index in [9.17, 15) is 4.79 Å². The first kappa shape index (κ1) is 9.98. The third kappa shape index (κ3) is 1.47. The summed E-state index contributed by atoms with van der Waals surface area (Å²) in [5, 5.41) is 9.07. The van der Waals surface area contributed by atoms with Gasteiger partial charge in [0.05, 0.1) is 13.7 Å². The quantitative estimate of drug-likeness (QED) is 0.742. The molecule has 0 radical (unpaired) electrons. The highest BCUT2D eigenvalue weighted by Crippen LogP contribution is 2.36. The number of carbonyl (C=O) groups excluding carboxylic acids is 1. The number of ether oxygens (including phenoxy) is 2. The molecule has 1 aliphatic rings. The van der Waals surface area contributed by atoms with E-state index in [1.807, 2.05) is 13.0 Å². The molecule has 0 amide bonds. The van der Waals surface area contributed by atoms with Gasteiger partial charge in [-0.2, -0.15) is 0 Å². The largest absolute Gasteiger partial charge is 0.496 e. The van der Waals surface area contributed by atoms with Gasteiger partial charge in [-0.25, -0.2) is 4.79 Å². The molecule has 2 rings (SSSR count). The van der Waals surface area contributed by atoms with Gasteiger partial charge in [0.2, 0.25) is 0 Å². The highest BCUT2D eigenvalue weighted by Gasteiger charge is 2.33. The lowest BCUT2D eigenvalue weighted by Gasteiger charge is -2.08. The highest BCUT2D eigenvalue weighted by atomic mass is 16.6. The molecule has 4 nitrogen and oxygen atoms in total. The van der Waals surface area contributed by atoms with Crippen molar-refractivity contribution in [3.8, 4) is 5.75 Å². The van der Waals surface area contributed by atoms with Crippen molar-refractivity contribution in [1.82, 2.24) is 0 Å². The zero-order valence-corrected chi connectivity index (χ0v) is 8.61. The van der Waals surface area contributed by atoms with E-state index >= 15 is 0 Å². The molecular formula is C11H12O4. The van der Waals surface area contributed by atoms with Gasteiger partial charge >= 0.3 is 5.97 Å². The van der Waals surface area contributed by atoms with Gasteiger partial charge in [0.25, 0.3) is 0 Å². The van der Waals surface area contributed by atoms with Gasteiger partial charge in [-0.1, -0.05) is 6.07 Å². The van der Waals surface area contributed by atoms with Crippen molar-refractivity contribution in [1.29, 1.82) is 0 Å². The van der Waals surface area contributed by atoms with Crippen molar-refractivity contribution in [2.75, 3.05) is 13.7 Å². The second-order valence-corrected chi connectivity index (χ2v) is 3.51. The minimum atomic E-state index is -0.554. The average molecular weight is 208 g/mol. The topological polar surface area (TPSA) is 55.8 Å². The highest BCUT2D eigenvalue weighted by molar-refractivity contribution is 5.97. The summed E-state index contributed by atoms with van der Waals surface area (Å²) >= 11 is 0. The molecule has 1 unspecified atom stereocenters. The third-order valence-corrected chi connectivity index (χ3v) is 2.46. The van der Waals surface area contributed by atoms with Crippen LogP contribution in [0.5, 0.6) is 5.75 Å². The molecule has 1 N–H and O–H groups in total. The molecule has 1 heterocycles.